The third-order valence-corrected chi connectivity index (χ3v) is 4.89. The first-order valence-electron chi connectivity index (χ1n) is 7.90. The highest BCUT2D eigenvalue weighted by Crippen LogP contribution is 2.25. The SMILES string of the molecule is Cc1cc2ccccc2n1CC(=O)OCc1cc(-c2cccs2)on1. The summed E-state index contributed by atoms with van der Waals surface area (Å²) in [7, 11) is 0. The molecule has 0 spiro atoms. The maximum atomic E-state index is 12.2. The molecule has 0 aliphatic carbocycles. The lowest BCUT2D eigenvalue weighted by atomic mass is 10.2. The number of carbonyl (C=O) groups is 1. The molecule has 0 saturated carbocycles. The molecular formula is C19H16N2O3S. The molecule has 4 aromatic rings. The lowest BCUT2D eigenvalue weighted by molar-refractivity contribution is -0.145. The van der Waals surface area contributed by atoms with Crippen LogP contribution >= 0.6 is 11.3 Å². The van der Waals surface area contributed by atoms with E-state index in [0.717, 1.165) is 21.5 Å². The molecule has 0 fully saturated rings. The second-order valence-corrected chi connectivity index (χ2v) is 6.70. The number of hydrogen-bond acceptors (Lipinski definition) is 5. The smallest absolute Gasteiger partial charge is 0.326 e. The zero-order chi connectivity index (χ0) is 17.2. The molecule has 0 N–H and O–H groups in total. The average molecular weight is 352 g/mol. The van der Waals surface area contributed by atoms with E-state index in [0.29, 0.717) is 11.5 Å². The lowest BCUT2D eigenvalue weighted by Crippen LogP contribution is -2.14. The Hall–Kier alpha value is -2.86. The van der Waals surface area contributed by atoms with Crippen LogP contribution < -0.4 is 0 Å². The number of aromatic nitrogens is 2. The average Bonchev–Trinajstić information content (AvgIpc) is 3.33. The van der Waals surface area contributed by atoms with E-state index in [4.69, 9.17) is 9.26 Å². The van der Waals surface area contributed by atoms with E-state index in [1.807, 2.05) is 53.3 Å². The van der Waals surface area contributed by atoms with Crippen molar-refractivity contribution in [2.75, 3.05) is 0 Å². The highest BCUT2D eigenvalue weighted by Gasteiger charge is 2.13. The van der Waals surface area contributed by atoms with Crippen LogP contribution in [0.1, 0.15) is 11.4 Å². The molecule has 0 radical (unpaired) electrons. The minimum absolute atomic E-state index is 0.103. The number of benzene rings is 1. The second kappa shape index (κ2) is 6.57. The predicted octanol–water partition coefficient (Wildman–Crippen LogP) is 4.41. The number of esters is 1. The number of ether oxygens (including phenoxy) is 1. The summed E-state index contributed by atoms with van der Waals surface area (Å²) >= 11 is 1.57. The van der Waals surface area contributed by atoms with Crippen LogP contribution in [0.2, 0.25) is 0 Å². The van der Waals surface area contributed by atoms with E-state index in [1.165, 1.54) is 0 Å². The van der Waals surface area contributed by atoms with E-state index in [9.17, 15) is 4.79 Å². The van der Waals surface area contributed by atoms with Crippen LogP contribution in [-0.2, 0) is 22.7 Å². The number of fused-ring (bicyclic) bond motifs is 1. The summed E-state index contributed by atoms with van der Waals surface area (Å²) < 4.78 is 12.6. The second-order valence-electron chi connectivity index (χ2n) is 5.75. The molecule has 4 rings (SSSR count). The minimum atomic E-state index is -0.301. The van der Waals surface area contributed by atoms with Gasteiger partial charge in [-0.25, -0.2) is 0 Å². The van der Waals surface area contributed by atoms with Gasteiger partial charge in [-0.05, 0) is 35.9 Å². The molecule has 5 nitrogen and oxygen atoms in total. The fraction of sp³-hybridized carbons (Fsp3) is 0.158. The zero-order valence-electron chi connectivity index (χ0n) is 13.6. The molecule has 0 saturated heterocycles. The Balaban J connectivity index is 1.42. The molecule has 0 amide bonds. The monoisotopic (exact) mass is 352 g/mol. The minimum Gasteiger partial charge on any atom is -0.458 e. The Morgan fingerprint density at radius 2 is 2.12 bits per heavy atom. The van der Waals surface area contributed by atoms with Crippen LogP contribution in [0, 0.1) is 6.92 Å². The first kappa shape index (κ1) is 15.7. The molecule has 3 heterocycles. The normalized spacial score (nSPS) is 11.1. The van der Waals surface area contributed by atoms with Gasteiger partial charge in [0.1, 0.15) is 18.8 Å². The number of aryl methyl sites for hydroxylation is 1. The molecule has 0 bridgehead atoms. The van der Waals surface area contributed by atoms with Crippen LogP contribution in [0.4, 0.5) is 0 Å². The van der Waals surface area contributed by atoms with Crippen LogP contribution in [0.15, 0.2) is 58.4 Å². The molecule has 0 aliphatic rings. The van der Waals surface area contributed by atoms with Gasteiger partial charge in [0, 0.05) is 17.3 Å². The molecule has 0 unspecified atom stereocenters. The van der Waals surface area contributed by atoms with E-state index in [1.54, 1.807) is 17.4 Å². The number of rotatable bonds is 5. The Morgan fingerprint density at radius 3 is 2.96 bits per heavy atom. The van der Waals surface area contributed by atoms with Gasteiger partial charge in [-0.1, -0.05) is 29.4 Å². The largest absolute Gasteiger partial charge is 0.458 e. The molecule has 6 heteroatoms. The zero-order valence-corrected chi connectivity index (χ0v) is 14.5. The van der Waals surface area contributed by atoms with Crippen molar-refractivity contribution >= 4 is 28.2 Å². The van der Waals surface area contributed by atoms with Crippen molar-refractivity contribution in [3.8, 4) is 10.6 Å². The Morgan fingerprint density at radius 1 is 1.24 bits per heavy atom. The lowest BCUT2D eigenvalue weighted by Gasteiger charge is -2.07. The first-order chi connectivity index (χ1) is 12.2. The van der Waals surface area contributed by atoms with Crippen molar-refractivity contribution in [1.82, 2.24) is 9.72 Å². The standard InChI is InChI=1S/C19H16N2O3S/c1-13-9-14-5-2-3-6-16(14)21(13)11-19(22)23-12-15-10-17(24-20-15)18-7-4-8-25-18/h2-10H,11-12H2,1H3. The van der Waals surface area contributed by atoms with E-state index in [-0.39, 0.29) is 19.1 Å². The Bertz CT molecular complexity index is 1010. The van der Waals surface area contributed by atoms with Crippen molar-refractivity contribution in [3.05, 3.63) is 65.3 Å². The highest BCUT2D eigenvalue weighted by molar-refractivity contribution is 7.13. The quantitative estimate of drug-likeness (QED) is 0.499. The van der Waals surface area contributed by atoms with Crippen molar-refractivity contribution in [1.29, 1.82) is 0 Å². The fourth-order valence-electron chi connectivity index (χ4n) is 2.80. The summed E-state index contributed by atoms with van der Waals surface area (Å²) in [6.07, 6.45) is 0. The van der Waals surface area contributed by atoms with Gasteiger partial charge >= 0.3 is 5.97 Å². The number of thiophene rings is 1. The van der Waals surface area contributed by atoms with E-state index in [2.05, 4.69) is 11.2 Å². The predicted molar refractivity (Wildman–Crippen MR) is 96.3 cm³/mol. The fourth-order valence-corrected chi connectivity index (χ4v) is 3.48. The molecule has 3 aromatic heterocycles. The topological polar surface area (TPSA) is 57.3 Å². The maximum Gasteiger partial charge on any atom is 0.326 e. The summed E-state index contributed by atoms with van der Waals surface area (Å²) in [5.74, 6) is 0.387. The van der Waals surface area contributed by atoms with Crippen molar-refractivity contribution in [2.24, 2.45) is 0 Å². The molecule has 1 aromatic carbocycles. The van der Waals surface area contributed by atoms with Gasteiger partial charge in [0.2, 0.25) is 0 Å². The number of carbonyl (C=O) groups excluding carboxylic acids is 1. The number of para-hydroxylation sites is 1. The third-order valence-electron chi connectivity index (χ3n) is 4.01. The van der Waals surface area contributed by atoms with Gasteiger partial charge in [-0.15, -0.1) is 11.3 Å². The van der Waals surface area contributed by atoms with Crippen molar-refractivity contribution in [2.45, 2.75) is 20.1 Å². The van der Waals surface area contributed by atoms with Gasteiger partial charge in [-0.2, -0.15) is 0 Å². The van der Waals surface area contributed by atoms with Crippen LogP contribution in [0.3, 0.4) is 0 Å². The summed E-state index contributed by atoms with van der Waals surface area (Å²) in [5.41, 5.74) is 2.66. The van der Waals surface area contributed by atoms with Crippen LogP contribution in [0.5, 0.6) is 0 Å². The Kier molecular flexibility index (Phi) is 4.11. The van der Waals surface area contributed by atoms with Gasteiger partial charge in [0.15, 0.2) is 5.76 Å². The highest BCUT2D eigenvalue weighted by atomic mass is 32.1. The van der Waals surface area contributed by atoms with Gasteiger partial charge in [0.25, 0.3) is 0 Å². The molecule has 0 aliphatic heterocycles. The summed E-state index contributed by atoms with van der Waals surface area (Å²) in [5, 5.41) is 7.05. The molecule has 126 valence electrons. The molecular weight excluding hydrogens is 336 g/mol. The number of nitrogens with zero attached hydrogens (tertiary/aromatic N) is 2. The maximum absolute atomic E-state index is 12.2. The van der Waals surface area contributed by atoms with Crippen LogP contribution in [0.25, 0.3) is 21.5 Å². The first-order valence-corrected chi connectivity index (χ1v) is 8.78. The summed E-state index contributed by atoms with van der Waals surface area (Å²) in [6.45, 7) is 2.26. The third kappa shape index (κ3) is 3.21. The van der Waals surface area contributed by atoms with Gasteiger partial charge < -0.3 is 13.8 Å². The summed E-state index contributed by atoms with van der Waals surface area (Å²) in [6, 6.07) is 15.8. The Labute approximate surface area is 148 Å². The molecule has 0 atom stereocenters. The van der Waals surface area contributed by atoms with Crippen molar-refractivity contribution in [3.63, 3.8) is 0 Å². The van der Waals surface area contributed by atoms with Gasteiger partial charge in [0.05, 0.1) is 4.88 Å². The van der Waals surface area contributed by atoms with Gasteiger partial charge in [-0.3, -0.25) is 4.79 Å². The van der Waals surface area contributed by atoms with Crippen molar-refractivity contribution < 1.29 is 14.1 Å². The van der Waals surface area contributed by atoms with E-state index >= 15 is 0 Å². The number of hydrogen-bond donors (Lipinski definition) is 0. The van der Waals surface area contributed by atoms with Crippen LogP contribution in [-0.4, -0.2) is 15.7 Å². The van der Waals surface area contributed by atoms with E-state index < -0.39 is 0 Å². The molecule has 25 heavy (non-hydrogen) atoms. The summed E-state index contributed by atoms with van der Waals surface area (Å²) in [4.78, 5) is 13.2.